The van der Waals surface area contributed by atoms with Crippen molar-refractivity contribution in [3.05, 3.63) is 41.2 Å². The van der Waals surface area contributed by atoms with Crippen LogP contribution in [0.1, 0.15) is 41.1 Å². The van der Waals surface area contributed by atoms with Gasteiger partial charge in [-0.2, -0.15) is 0 Å². The molecule has 0 bridgehead atoms. The lowest BCUT2D eigenvalue weighted by Gasteiger charge is -2.18. The lowest BCUT2D eigenvalue weighted by atomic mass is 10.2. The highest BCUT2D eigenvalue weighted by Crippen LogP contribution is 2.28. The van der Waals surface area contributed by atoms with E-state index in [9.17, 15) is 14.4 Å². The van der Waals surface area contributed by atoms with Crippen LogP contribution in [0.15, 0.2) is 30.5 Å². The summed E-state index contributed by atoms with van der Waals surface area (Å²) in [4.78, 5) is 39.9. The Balaban J connectivity index is 1.74. The highest BCUT2D eigenvalue weighted by molar-refractivity contribution is 7.20. The van der Waals surface area contributed by atoms with Gasteiger partial charge in [0.2, 0.25) is 5.82 Å². The van der Waals surface area contributed by atoms with Crippen molar-refractivity contribution in [3.8, 4) is 0 Å². The van der Waals surface area contributed by atoms with Gasteiger partial charge in [0.1, 0.15) is 10.5 Å². The van der Waals surface area contributed by atoms with Crippen molar-refractivity contribution in [1.82, 2.24) is 9.55 Å². The van der Waals surface area contributed by atoms with Crippen LogP contribution in [0.25, 0.3) is 10.1 Å². The number of amides is 2. The number of hydrogen-bond donors (Lipinski definition) is 3. The minimum atomic E-state index is -0.991. The fourth-order valence-electron chi connectivity index (χ4n) is 2.56. The second-order valence-electron chi connectivity index (χ2n) is 7.31. The average Bonchev–Trinajstić information content (AvgIpc) is 3.16. The average molecular weight is 416 g/mol. The number of thiophene rings is 1. The molecule has 3 N–H and O–H groups in total. The molecule has 0 saturated heterocycles. The van der Waals surface area contributed by atoms with E-state index in [0.717, 1.165) is 21.4 Å². The number of carboxylic acid groups (broad SMARTS) is 1. The van der Waals surface area contributed by atoms with Gasteiger partial charge < -0.3 is 19.7 Å². The van der Waals surface area contributed by atoms with E-state index in [4.69, 9.17) is 9.84 Å². The third-order valence-electron chi connectivity index (χ3n) is 3.69. The highest BCUT2D eigenvalue weighted by Gasteiger charge is 2.19. The van der Waals surface area contributed by atoms with Crippen molar-refractivity contribution in [2.24, 2.45) is 7.05 Å². The predicted molar refractivity (Wildman–Crippen MR) is 110 cm³/mol. The number of benzene rings is 1. The number of ether oxygens (including phenoxy) is 1. The molecule has 9 nitrogen and oxygen atoms in total. The maximum atomic E-state index is 12.6. The second kappa shape index (κ2) is 7.55. The summed E-state index contributed by atoms with van der Waals surface area (Å²) < 4.78 is 7.45. The first-order valence-corrected chi connectivity index (χ1v) is 9.45. The Labute approximate surface area is 170 Å². The van der Waals surface area contributed by atoms with Gasteiger partial charge in [-0.15, -0.1) is 11.3 Å². The molecule has 0 saturated carbocycles. The lowest BCUT2D eigenvalue weighted by molar-refractivity contribution is 0.0633. The molecule has 0 aliphatic heterocycles. The number of hydrogen-bond acceptors (Lipinski definition) is 6. The summed E-state index contributed by atoms with van der Waals surface area (Å²) in [5.74, 6) is -1.19. The maximum Gasteiger partial charge on any atom is 0.413 e. The molecule has 3 aromatic rings. The molecule has 0 aliphatic rings. The monoisotopic (exact) mass is 416 g/mol. The maximum absolute atomic E-state index is 12.6. The molecule has 0 unspecified atom stereocenters. The van der Waals surface area contributed by atoms with Crippen molar-refractivity contribution in [1.29, 1.82) is 0 Å². The Hall–Kier alpha value is -3.40. The Morgan fingerprint density at radius 1 is 1.17 bits per heavy atom. The van der Waals surface area contributed by atoms with Crippen molar-refractivity contribution in [2.75, 3.05) is 10.6 Å². The number of fused-ring (bicyclic) bond motifs is 1. The summed E-state index contributed by atoms with van der Waals surface area (Å²) in [5, 5.41) is 15.0. The van der Waals surface area contributed by atoms with Gasteiger partial charge in [-0.05, 0) is 50.4 Å². The van der Waals surface area contributed by atoms with Crippen LogP contribution in [0, 0.1) is 0 Å². The van der Waals surface area contributed by atoms with Gasteiger partial charge in [0.25, 0.3) is 5.91 Å². The summed E-state index contributed by atoms with van der Waals surface area (Å²) in [6.07, 6.45) is 0.833. The second-order valence-corrected chi connectivity index (χ2v) is 8.39. The number of carbonyl (C=O) groups excluding carboxylic acids is 2. The van der Waals surface area contributed by atoms with E-state index in [2.05, 4.69) is 15.6 Å². The predicted octanol–water partition coefficient (Wildman–Crippen LogP) is 3.93. The highest BCUT2D eigenvalue weighted by atomic mass is 32.1. The molecule has 152 valence electrons. The van der Waals surface area contributed by atoms with Crippen LogP contribution in [0.5, 0.6) is 0 Å². The van der Waals surface area contributed by atoms with Crippen LogP contribution in [0.4, 0.5) is 16.3 Å². The summed E-state index contributed by atoms with van der Waals surface area (Å²) in [7, 11) is 1.63. The molecular formula is C19H20N4O5S. The molecule has 0 fully saturated rings. The number of rotatable bonds is 4. The molecule has 2 heterocycles. The van der Waals surface area contributed by atoms with Crippen LogP contribution in [-0.2, 0) is 11.8 Å². The molecule has 1 aromatic carbocycles. The van der Waals surface area contributed by atoms with E-state index in [1.165, 1.54) is 10.8 Å². The Morgan fingerprint density at radius 3 is 2.55 bits per heavy atom. The van der Waals surface area contributed by atoms with E-state index >= 15 is 0 Å². The lowest BCUT2D eigenvalue weighted by Crippen LogP contribution is -2.27. The van der Waals surface area contributed by atoms with Crippen LogP contribution >= 0.6 is 11.3 Å². The number of aromatic nitrogens is 2. The number of aromatic carboxylic acids is 1. The molecule has 2 aromatic heterocycles. The van der Waals surface area contributed by atoms with Gasteiger partial charge in [-0.1, -0.05) is 0 Å². The van der Waals surface area contributed by atoms with Gasteiger partial charge >= 0.3 is 12.1 Å². The van der Waals surface area contributed by atoms with Gasteiger partial charge in [-0.3, -0.25) is 10.1 Å². The van der Waals surface area contributed by atoms with Gasteiger partial charge in [0.15, 0.2) is 5.82 Å². The van der Waals surface area contributed by atoms with Crippen LogP contribution in [0.2, 0.25) is 0 Å². The van der Waals surface area contributed by atoms with Crippen molar-refractivity contribution in [3.63, 3.8) is 0 Å². The molecule has 2 amide bonds. The third-order valence-corrected chi connectivity index (χ3v) is 4.80. The largest absolute Gasteiger partial charge is 0.477 e. The molecule has 0 atom stereocenters. The van der Waals surface area contributed by atoms with E-state index in [0.29, 0.717) is 5.69 Å². The number of nitrogens with one attached hydrogen (secondary N) is 2. The first kappa shape index (κ1) is 20.3. The molecule has 10 heteroatoms. The molecule has 29 heavy (non-hydrogen) atoms. The van der Waals surface area contributed by atoms with E-state index < -0.39 is 23.6 Å². The SMILES string of the molecule is Cn1cc(NC(=O)OC(C)(C)C)nc1C(=O)Nc1ccc2sc(C(=O)O)cc2c1. The molecule has 0 radical (unpaired) electrons. The summed E-state index contributed by atoms with van der Waals surface area (Å²) in [6, 6.07) is 6.68. The first-order valence-electron chi connectivity index (χ1n) is 8.63. The molecule has 0 spiro atoms. The third kappa shape index (κ3) is 4.91. The standard InChI is InChI=1S/C19H20N4O5S/c1-19(2,3)28-18(27)22-14-9-23(4)15(21-14)16(24)20-11-5-6-12-10(7-11)8-13(29-12)17(25)26/h5-9H,1-4H3,(H,20,24)(H,22,27)(H,25,26). The number of imidazole rings is 1. The van der Waals surface area contributed by atoms with Crippen LogP contribution in [0.3, 0.4) is 0 Å². The quantitative estimate of drug-likeness (QED) is 0.592. The molecular weight excluding hydrogens is 396 g/mol. The van der Waals surface area contributed by atoms with E-state index in [1.54, 1.807) is 52.1 Å². The van der Waals surface area contributed by atoms with Gasteiger partial charge in [0, 0.05) is 23.6 Å². The Bertz CT molecular complexity index is 1110. The molecule has 3 rings (SSSR count). The number of aryl methyl sites for hydroxylation is 1. The zero-order chi connectivity index (χ0) is 21.3. The smallest absolute Gasteiger partial charge is 0.413 e. The van der Waals surface area contributed by atoms with Crippen molar-refractivity contribution >= 4 is 50.9 Å². The first-order chi connectivity index (χ1) is 13.5. The Morgan fingerprint density at radius 2 is 1.90 bits per heavy atom. The number of carbonyl (C=O) groups is 3. The minimum Gasteiger partial charge on any atom is -0.477 e. The summed E-state index contributed by atoms with van der Waals surface area (Å²) in [6.45, 7) is 5.23. The van der Waals surface area contributed by atoms with Gasteiger partial charge in [-0.25, -0.2) is 14.6 Å². The van der Waals surface area contributed by atoms with Crippen molar-refractivity contribution in [2.45, 2.75) is 26.4 Å². The fourth-order valence-corrected chi connectivity index (χ4v) is 3.44. The Kier molecular flexibility index (Phi) is 5.29. The van der Waals surface area contributed by atoms with Gasteiger partial charge in [0.05, 0.1) is 0 Å². The number of anilines is 2. The normalized spacial score (nSPS) is 11.3. The molecule has 0 aliphatic carbocycles. The minimum absolute atomic E-state index is 0.0905. The van der Waals surface area contributed by atoms with E-state index in [-0.39, 0.29) is 16.5 Å². The van der Waals surface area contributed by atoms with Crippen LogP contribution in [-0.4, -0.2) is 38.2 Å². The van der Waals surface area contributed by atoms with E-state index in [1.807, 2.05) is 0 Å². The fraction of sp³-hybridized carbons (Fsp3) is 0.263. The summed E-state index contributed by atoms with van der Waals surface area (Å²) >= 11 is 1.16. The summed E-state index contributed by atoms with van der Waals surface area (Å²) in [5.41, 5.74) is -0.151. The number of nitrogens with zero attached hydrogens (tertiary/aromatic N) is 2. The zero-order valence-corrected chi connectivity index (χ0v) is 17.1. The number of carboxylic acids is 1. The topological polar surface area (TPSA) is 123 Å². The zero-order valence-electron chi connectivity index (χ0n) is 16.3. The van der Waals surface area contributed by atoms with Crippen LogP contribution < -0.4 is 10.6 Å². The van der Waals surface area contributed by atoms with Crippen molar-refractivity contribution < 1.29 is 24.2 Å².